The van der Waals surface area contributed by atoms with Gasteiger partial charge in [0.1, 0.15) is 10.6 Å². The molecule has 2 N–H and O–H groups in total. The summed E-state index contributed by atoms with van der Waals surface area (Å²) < 4.78 is 0. The average molecular weight is 249 g/mol. The molecule has 2 nitrogen and oxygen atoms in total. The Balaban J connectivity index is 2.01. The summed E-state index contributed by atoms with van der Waals surface area (Å²) in [6.45, 7) is 2.17. The third-order valence-electron chi connectivity index (χ3n) is 2.64. The van der Waals surface area contributed by atoms with Crippen molar-refractivity contribution in [2.75, 3.05) is 5.32 Å². The van der Waals surface area contributed by atoms with E-state index in [1.54, 1.807) is 29.2 Å². The molecule has 1 aromatic carbocycles. The van der Waals surface area contributed by atoms with Crippen molar-refractivity contribution < 1.29 is 5.11 Å². The summed E-state index contributed by atoms with van der Waals surface area (Å²) in [5.74, 6) is 0.323. The first kappa shape index (κ1) is 10.1. The molecule has 0 bridgehead atoms. The van der Waals surface area contributed by atoms with E-state index in [9.17, 15) is 5.11 Å². The Bertz CT molecular complexity index is 524. The summed E-state index contributed by atoms with van der Waals surface area (Å²) in [5, 5.41) is 15.0. The van der Waals surface area contributed by atoms with E-state index in [0.29, 0.717) is 5.75 Å². The van der Waals surface area contributed by atoms with Gasteiger partial charge >= 0.3 is 0 Å². The van der Waals surface area contributed by atoms with E-state index in [2.05, 4.69) is 29.8 Å². The number of fused-ring (bicyclic) bond motifs is 1. The summed E-state index contributed by atoms with van der Waals surface area (Å²) in [4.78, 5) is 2.30. The summed E-state index contributed by atoms with van der Waals surface area (Å²) in [7, 11) is 0. The van der Waals surface area contributed by atoms with Crippen LogP contribution in [-0.2, 0) is 4.87 Å². The first-order valence-electron chi connectivity index (χ1n) is 5.02. The number of rotatable bonds is 1. The minimum atomic E-state index is -0.107. The lowest BCUT2D eigenvalue weighted by atomic mass is 10.2. The van der Waals surface area contributed by atoms with Crippen molar-refractivity contribution in [1.29, 1.82) is 0 Å². The monoisotopic (exact) mass is 249 g/mol. The van der Waals surface area contributed by atoms with Crippen LogP contribution in [-0.4, -0.2) is 5.11 Å². The molecule has 16 heavy (non-hydrogen) atoms. The molecule has 0 aliphatic carbocycles. The van der Waals surface area contributed by atoms with Crippen molar-refractivity contribution in [3.8, 4) is 5.75 Å². The lowest BCUT2D eigenvalue weighted by Gasteiger charge is -2.22. The van der Waals surface area contributed by atoms with Crippen molar-refractivity contribution >= 4 is 28.8 Å². The highest BCUT2D eigenvalue weighted by molar-refractivity contribution is 8.01. The van der Waals surface area contributed by atoms with Crippen molar-refractivity contribution in [2.45, 2.75) is 16.7 Å². The zero-order valence-electron chi connectivity index (χ0n) is 8.73. The largest absolute Gasteiger partial charge is 0.508 e. The van der Waals surface area contributed by atoms with E-state index in [-0.39, 0.29) is 4.87 Å². The van der Waals surface area contributed by atoms with E-state index in [1.807, 2.05) is 12.1 Å². The van der Waals surface area contributed by atoms with Crippen LogP contribution < -0.4 is 5.32 Å². The molecule has 0 saturated heterocycles. The van der Waals surface area contributed by atoms with Crippen LogP contribution in [0.15, 0.2) is 40.6 Å². The predicted molar refractivity (Wildman–Crippen MR) is 69.3 cm³/mol. The zero-order chi connectivity index (χ0) is 11.2. The second-order valence-corrected chi connectivity index (χ2v) is 6.33. The molecule has 1 atom stereocenters. The van der Waals surface area contributed by atoms with Gasteiger partial charge in [-0.15, -0.1) is 11.3 Å². The van der Waals surface area contributed by atoms with Crippen molar-refractivity contribution in [1.82, 2.24) is 0 Å². The summed E-state index contributed by atoms with van der Waals surface area (Å²) >= 11 is 3.50. The molecule has 2 heterocycles. The number of benzene rings is 1. The molecular weight excluding hydrogens is 238 g/mol. The third-order valence-corrected chi connectivity index (χ3v) is 5.15. The summed E-state index contributed by atoms with van der Waals surface area (Å²) in [5.41, 5.74) is 1.10. The van der Waals surface area contributed by atoms with Crippen LogP contribution in [0.3, 0.4) is 0 Å². The second kappa shape index (κ2) is 3.43. The highest BCUT2D eigenvalue weighted by atomic mass is 32.2. The van der Waals surface area contributed by atoms with Crippen LogP contribution >= 0.6 is 23.1 Å². The first-order chi connectivity index (χ1) is 7.67. The Morgan fingerprint density at radius 1 is 1.31 bits per heavy atom. The molecule has 3 rings (SSSR count). The SMILES string of the molecule is CC1(c2cccs2)Nc2ccc(O)cc2S1. The Morgan fingerprint density at radius 3 is 2.94 bits per heavy atom. The van der Waals surface area contributed by atoms with E-state index in [0.717, 1.165) is 10.6 Å². The minimum absolute atomic E-state index is 0.107. The molecule has 0 spiro atoms. The third kappa shape index (κ3) is 1.49. The maximum Gasteiger partial charge on any atom is 0.120 e. The topological polar surface area (TPSA) is 32.3 Å². The van der Waals surface area contributed by atoms with Crippen LogP contribution in [0.4, 0.5) is 5.69 Å². The van der Waals surface area contributed by atoms with Gasteiger partial charge in [-0.3, -0.25) is 0 Å². The highest BCUT2D eigenvalue weighted by Gasteiger charge is 2.35. The van der Waals surface area contributed by atoms with Crippen molar-refractivity contribution in [2.24, 2.45) is 0 Å². The van der Waals surface area contributed by atoms with Gasteiger partial charge in [-0.25, -0.2) is 0 Å². The van der Waals surface area contributed by atoms with Gasteiger partial charge in [0.25, 0.3) is 0 Å². The molecule has 0 fully saturated rings. The fourth-order valence-electron chi connectivity index (χ4n) is 1.86. The normalized spacial score (nSPS) is 22.8. The fourth-order valence-corrected chi connectivity index (χ4v) is 4.05. The van der Waals surface area contributed by atoms with E-state index in [4.69, 9.17) is 0 Å². The first-order valence-corrected chi connectivity index (χ1v) is 6.71. The number of aromatic hydroxyl groups is 1. The van der Waals surface area contributed by atoms with E-state index in [1.165, 1.54) is 4.88 Å². The molecule has 0 amide bonds. The van der Waals surface area contributed by atoms with Crippen LogP contribution in [0.2, 0.25) is 0 Å². The maximum atomic E-state index is 9.46. The van der Waals surface area contributed by atoms with Gasteiger partial charge in [-0.05, 0) is 36.6 Å². The number of nitrogens with one attached hydrogen (secondary N) is 1. The Labute approximate surface area is 102 Å². The molecule has 1 aliphatic heterocycles. The maximum absolute atomic E-state index is 9.46. The van der Waals surface area contributed by atoms with Gasteiger partial charge < -0.3 is 10.4 Å². The van der Waals surface area contributed by atoms with E-state index < -0.39 is 0 Å². The quantitative estimate of drug-likeness (QED) is 0.753. The zero-order valence-corrected chi connectivity index (χ0v) is 10.4. The molecule has 0 saturated carbocycles. The number of hydrogen-bond donors (Lipinski definition) is 2. The van der Waals surface area contributed by atoms with Crippen LogP contribution in [0.5, 0.6) is 5.75 Å². The number of thiophene rings is 1. The molecule has 0 radical (unpaired) electrons. The molecule has 1 aliphatic rings. The Kier molecular flexibility index (Phi) is 2.16. The van der Waals surface area contributed by atoms with Crippen LogP contribution in [0.25, 0.3) is 0 Å². The van der Waals surface area contributed by atoms with Crippen molar-refractivity contribution in [3.05, 3.63) is 40.6 Å². The van der Waals surface area contributed by atoms with Gasteiger partial charge in [-0.1, -0.05) is 17.8 Å². The number of hydrogen-bond acceptors (Lipinski definition) is 4. The number of anilines is 1. The molecular formula is C12H11NOS2. The van der Waals surface area contributed by atoms with Crippen LogP contribution in [0, 0.1) is 0 Å². The Morgan fingerprint density at radius 2 is 2.19 bits per heavy atom. The summed E-state index contributed by atoms with van der Waals surface area (Å²) in [6.07, 6.45) is 0. The second-order valence-electron chi connectivity index (χ2n) is 3.92. The highest BCUT2D eigenvalue weighted by Crippen LogP contribution is 2.52. The molecule has 1 aromatic heterocycles. The fraction of sp³-hybridized carbons (Fsp3) is 0.167. The van der Waals surface area contributed by atoms with Gasteiger partial charge in [0.15, 0.2) is 0 Å². The van der Waals surface area contributed by atoms with Gasteiger partial charge in [-0.2, -0.15) is 0 Å². The molecule has 82 valence electrons. The molecule has 2 aromatic rings. The predicted octanol–water partition coefficient (Wildman–Crippen LogP) is 3.84. The summed E-state index contributed by atoms with van der Waals surface area (Å²) in [6, 6.07) is 9.65. The standard InChI is InChI=1S/C12H11NOS2/c1-12(11-3-2-6-15-11)13-9-5-4-8(14)7-10(9)16-12/h2-7,13-14H,1H3. The van der Waals surface area contributed by atoms with E-state index >= 15 is 0 Å². The lowest BCUT2D eigenvalue weighted by Crippen LogP contribution is -2.22. The number of phenols is 1. The Hall–Kier alpha value is -1.13. The van der Waals surface area contributed by atoms with Gasteiger partial charge in [0.05, 0.1) is 0 Å². The van der Waals surface area contributed by atoms with Crippen molar-refractivity contribution in [3.63, 3.8) is 0 Å². The van der Waals surface area contributed by atoms with Gasteiger partial charge in [0.2, 0.25) is 0 Å². The average Bonchev–Trinajstić information content (AvgIpc) is 2.83. The molecule has 1 unspecified atom stereocenters. The lowest BCUT2D eigenvalue weighted by molar-refractivity contribution is 0.474. The minimum Gasteiger partial charge on any atom is -0.508 e. The number of thioether (sulfide) groups is 1. The smallest absolute Gasteiger partial charge is 0.120 e. The van der Waals surface area contributed by atoms with Crippen LogP contribution in [0.1, 0.15) is 11.8 Å². The number of phenolic OH excluding ortho intramolecular Hbond substituents is 1. The molecule has 4 heteroatoms. The van der Waals surface area contributed by atoms with Gasteiger partial charge in [0, 0.05) is 15.5 Å².